The van der Waals surface area contributed by atoms with Crippen LogP contribution in [0, 0.1) is 5.92 Å². The molecular formula is C20H26N2O5. The number of amides is 2. The van der Waals surface area contributed by atoms with Gasteiger partial charge in [0, 0.05) is 13.7 Å². The van der Waals surface area contributed by atoms with E-state index in [9.17, 15) is 9.59 Å². The summed E-state index contributed by atoms with van der Waals surface area (Å²) in [6, 6.07) is 9.99. The van der Waals surface area contributed by atoms with Crippen LogP contribution >= 0.6 is 0 Å². The van der Waals surface area contributed by atoms with Gasteiger partial charge >= 0.3 is 0 Å². The molecule has 1 unspecified atom stereocenters. The largest absolute Gasteiger partial charge is 0.491 e. The molecule has 0 bridgehead atoms. The van der Waals surface area contributed by atoms with Gasteiger partial charge < -0.3 is 24.5 Å². The Morgan fingerprint density at radius 3 is 2.63 bits per heavy atom. The number of furan rings is 1. The number of rotatable bonds is 10. The number of ether oxygens (including phenoxy) is 2. The molecular weight excluding hydrogens is 348 g/mol. The molecule has 2 N–H and O–H groups in total. The van der Waals surface area contributed by atoms with Crippen molar-refractivity contribution < 1.29 is 23.5 Å². The van der Waals surface area contributed by atoms with Gasteiger partial charge in [0.15, 0.2) is 5.76 Å². The highest BCUT2D eigenvalue weighted by molar-refractivity contribution is 5.95. The molecule has 2 rings (SSSR count). The van der Waals surface area contributed by atoms with Gasteiger partial charge in [0.2, 0.25) is 5.91 Å². The topological polar surface area (TPSA) is 89.8 Å². The number of hydrogen-bond acceptors (Lipinski definition) is 5. The summed E-state index contributed by atoms with van der Waals surface area (Å²) in [7, 11) is 1.62. The van der Waals surface area contributed by atoms with Crippen LogP contribution in [-0.2, 0) is 16.1 Å². The number of nitrogens with one attached hydrogen (secondary N) is 2. The van der Waals surface area contributed by atoms with E-state index in [0.717, 1.165) is 5.56 Å². The van der Waals surface area contributed by atoms with E-state index in [1.165, 1.54) is 6.26 Å². The van der Waals surface area contributed by atoms with Crippen molar-refractivity contribution in [2.75, 3.05) is 20.3 Å². The third-order valence-electron chi connectivity index (χ3n) is 3.90. The van der Waals surface area contributed by atoms with Crippen molar-refractivity contribution >= 4 is 11.8 Å². The van der Waals surface area contributed by atoms with Crippen LogP contribution in [0.5, 0.6) is 5.75 Å². The summed E-state index contributed by atoms with van der Waals surface area (Å²) in [5.74, 6) is 0.144. The maximum Gasteiger partial charge on any atom is 0.287 e. The fraction of sp³-hybridized carbons (Fsp3) is 0.400. The predicted octanol–water partition coefficient (Wildman–Crippen LogP) is 2.38. The van der Waals surface area contributed by atoms with Gasteiger partial charge in [-0.1, -0.05) is 26.0 Å². The first-order valence-electron chi connectivity index (χ1n) is 8.84. The zero-order valence-electron chi connectivity index (χ0n) is 15.9. The fourth-order valence-electron chi connectivity index (χ4n) is 2.44. The Labute approximate surface area is 159 Å². The zero-order chi connectivity index (χ0) is 19.6. The van der Waals surface area contributed by atoms with Crippen molar-refractivity contribution in [2.45, 2.75) is 26.4 Å². The van der Waals surface area contributed by atoms with Crippen molar-refractivity contribution in [2.24, 2.45) is 5.92 Å². The van der Waals surface area contributed by atoms with Crippen LogP contribution in [0.25, 0.3) is 0 Å². The standard InChI is InChI=1S/C20H26N2O5/c1-14(2)18(22-19(23)17-8-5-9-27-17)20(24)21-13-15-6-4-7-16(12-15)26-11-10-25-3/h4-9,12,14,18H,10-11,13H2,1-3H3,(H,21,24)(H,22,23). The minimum absolute atomic E-state index is 0.0763. The van der Waals surface area contributed by atoms with Crippen LogP contribution in [0.3, 0.4) is 0 Å². The third kappa shape index (κ3) is 6.45. The van der Waals surface area contributed by atoms with Crippen molar-refractivity contribution in [1.82, 2.24) is 10.6 Å². The maximum absolute atomic E-state index is 12.6. The molecule has 0 radical (unpaired) electrons. The van der Waals surface area contributed by atoms with Gasteiger partial charge in [-0.05, 0) is 35.7 Å². The number of benzene rings is 1. The first-order chi connectivity index (χ1) is 13.0. The normalized spacial score (nSPS) is 11.9. The molecule has 0 spiro atoms. The summed E-state index contributed by atoms with van der Waals surface area (Å²) >= 11 is 0. The molecule has 2 aromatic rings. The van der Waals surface area contributed by atoms with E-state index in [1.807, 2.05) is 38.1 Å². The van der Waals surface area contributed by atoms with Crippen LogP contribution in [-0.4, -0.2) is 38.2 Å². The lowest BCUT2D eigenvalue weighted by Gasteiger charge is -2.21. The summed E-state index contributed by atoms with van der Waals surface area (Å²) < 4.78 is 15.6. The molecule has 1 aromatic carbocycles. The zero-order valence-corrected chi connectivity index (χ0v) is 15.9. The Morgan fingerprint density at radius 2 is 1.96 bits per heavy atom. The molecule has 0 fully saturated rings. The third-order valence-corrected chi connectivity index (χ3v) is 3.90. The van der Waals surface area contributed by atoms with E-state index in [2.05, 4.69) is 10.6 Å². The Kier molecular flexibility index (Phi) is 7.88. The number of carbonyl (C=O) groups excluding carboxylic acids is 2. The molecule has 0 aliphatic rings. The van der Waals surface area contributed by atoms with E-state index in [-0.39, 0.29) is 17.6 Å². The molecule has 0 saturated heterocycles. The van der Waals surface area contributed by atoms with Gasteiger partial charge in [0.05, 0.1) is 12.9 Å². The van der Waals surface area contributed by atoms with Crippen LogP contribution < -0.4 is 15.4 Å². The SMILES string of the molecule is COCCOc1cccc(CNC(=O)C(NC(=O)c2ccco2)C(C)C)c1. The van der Waals surface area contributed by atoms with Crippen LogP contribution in [0.2, 0.25) is 0 Å². The maximum atomic E-state index is 12.6. The van der Waals surface area contributed by atoms with Crippen LogP contribution in [0.15, 0.2) is 47.1 Å². The Hall–Kier alpha value is -2.80. The molecule has 2 amide bonds. The number of methoxy groups -OCH3 is 1. The molecule has 0 saturated carbocycles. The van der Waals surface area contributed by atoms with Gasteiger partial charge in [-0.3, -0.25) is 9.59 Å². The van der Waals surface area contributed by atoms with Crippen molar-refractivity contribution in [3.8, 4) is 5.75 Å². The minimum atomic E-state index is -0.663. The first kappa shape index (κ1) is 20.5. The second kappa shape index (κ2) is 10.4. The molecule has 1 heterocycles. The van der Waals surface area contributed by atoms with Gasteiger partial charge in [-0.2, -0.15) is 0 Å². The summed E-state index contributed by atoms with van der Waals surface area (Å²) in [6.07, 6.45) is 1.42. The second-order valence-corrected chi connectivity index (χ2v) is 6.38. The van der Waals surface area contributed by atoms with Crippen LogP contribution in [0.4, 0.5) is 0 Å². The Bertz CT molecular complexity index is 728. The van der Waals surface area contributed by atoms with Crippen LogP contribution in [0.1, 0.15) is 30.0 Å². The van der Waals surface area contributed by atoms with Crippen molar-refractivity contribution in [1.29, 1.82) is 0 Å². The summed E-state index contributed by atoms with van der Waals surface area (Å²) in [4.78, 5) is 24.7. The van der Waals surface area contributed by atoms with Gasteiger partial charge in [0.25, 0.3) is 5.91 Å². The average molecular weight is 374 g/mol. The lowest BCUT2D eigenvalue weighted by Crippen LogP contribution is -2.49. The molecule has 1 atom stereocenters. The Morgan fingerprint density at radius 1 is 1.15 bits per heavy atom. The molecule has 0 aliphatic carbocycles. The van der Waals surface area contributed by atoms with Crippen molar-refractivity contribution in [3.05, 3.63) is 54.0 Å². The van der Waals surface area contributed by atoms with E-state index in [1.54, 1.807) is 19.2 Å². The van der Waals surface area contributed by atoms with Gasteiger partial charge in [0.1, 0.15) is 18.4 Å². The quantitative estimate of drug-likeness (QED) is 0.623. The van der Waals surface area contributed by atoms with E-state index < -0.39 is 11.9 Å². The minimum Gasteiger partial charge on any atom is -0.491 e. The molecule has 7 heteroatoms. The average Bonchev–Trinajstić information content (AvgIpc) is 3.19. The van der Waals surface area contributed by atoms with E-state index >= 15 is 0 Å². The Balaban J connectivity index is 1.91. The molecule has 1 aromatic heterocycles. The smallest absolute Gasteiger partial charge is 0.287 e. The number of carbonyl (C=O) groups is 2. The highest BCUT2D eigenvalue weighted by atomic mass is 16.5. The summed E-state index contributed by atoms with van der Waals surface area (Å²) in [5.41, 5.74) is 0.901. The summed E-state index contributed by atoms with van der Waals surface area (Å²) in [6.45, 7) is 5.04. The highest BCUT2D eigenvalue weighted by Crippen LogP contribution is 2.13. The predicted molar refractivity (Wildman–Crippen MR) is 100 cm³/mol. The van der Waals surface area contributed by atoms with E-state index in [0.29, 0.717) is 25.5 Å². The van der Waals surface area contributed by atoms with E-state index in [4.69, 9.17) is 13.9 Å². The summed E-state index contributed by atoms with van der Waals surface area (Å²) in [5, 5.41) is 5.58. The monoisotopic (exact) mass is 374 g/mol. The lowest BCUT2D eigenvalue weighted by atomic mass is 10.0. The van der Waals surface area contributed by atoms with Gasteiger partial charge in [-0.15, -0.1) is 0 Å². The second-order valence-electron chi connectivity index (χ2n) is 6.38. The molecule has 0 aliphatic heterocycles. The van der Waals surface area contributed by atoms with Gasteiger partial charge in [-0.25, -0.2) is 0 Å². The number of hydrogen-bond donors (Lipinski definition) is 2. The lowest BCUT2D eigenvalue weighted by molar-refractivity contribution is -0.124. The highest BCUT2D eigenvalue weighted by Gasteiger charge is 2.25. The molecule has 146 valence electrons. The molecule has 7 nitrogen and oxygen atoms in total. The molecule has 27 heavy (non-hydrogen) atoms. The van der Waals surface area contributed by atoms with Crippen molar-refractivity contribution in [3.63, 3.8) is 0 Å². The fourth-order valence-corrected chi connectivity index (χ4v) is 2.44. The first-order valence-corrected chi connectivity index (χ1v) is 8.84.